The quantitative estimate of drug-likeness (QED) is 0.861. The van der Waals surface area contributed by atoms with E-state index >= 15 is 0 Å². The highest BCUT2D eigenvalue weighted by atomic mass is 32.2. The standard InChI is InChI=1S/C13H15N3OS/c1-9(10-5-3-2-4-6-10)18-13-15-14-12(17)16(13)11-7-8-11/h2-6,9,11H,7-8H2,1H3,(H,14,17)/t9-/m1/s1. The maximum atomic E-state index is 11.7. The van der Waals surface area contributed by atoms with E-state index < -0.39 is 0 Å². The Morgan fingerprint density at radius 2 is 2.11 bits per heavy atom. The smallest absolute Gasteiger partial charge is 0.267 e. The highest BCUT2D eigenvalue weighted by Crippen LogP contribution is 2.39. The molecule has 0 amide bonds. The van der Waals surface area contributed by atoms with Crippen LogP contribution in [0.1, 0.15) is 36.6 Å². The molecule has 0 unspecified atom stereocenters. The van der Waals surface area contributed by atoms with Crippen LogP contribution in [0, 0.1) is 0 Å². The topological polar surface area (TPSA) is 50.7 Å². The normalized spacial score (nSPS) is 16.7. The minimum Gasteiger partial charge on any atom is -0.267 e. The number of aromatic amines is 1. The Bertz CT molecular complexity index is 586. The number of nitrogens with one attached hydrogen (secondary N) is 1. The summed E-state index contributed by atoms with van der Waals surface area (Å²) in [6.07, 6.45) is 2.18. The molecule has 1 fully saturated rings. The molecule has 3 rings (SSSR count). The van der Waals surface area contributed by atoms with Gasteiger partial charge in [0.1, 0.15) is 0 Å². The van der Waals surface area contributed by atoms with Crippen LogP contribution in [-0.4, -0.2) is 14.8 Å². The molecule has 1 aliphatic carbocycles. The van der Waals surface area contributed by atoms with E-state index in [0.717, 1.165) is 18.0 Å². The summed E-state index contributed by atoms with van der Waals surface area (Å²) < 4.78 is 1.80. The zero-order valence-corrected chi connectivity index (χ0v) is 11.0. The summed E-state index contributed by atoms with van der Waals surface area (Å²) in [6.45, 7) is 2.14. The average molecular weight is 261 g/mol. The molecule has 0 bridgehead atoms. The molecule has 1 atom stereocenters. The van der Waals surface area contributed by atoms with E-state index in [9.17, 15) is 4.79 Å². The summed E-state index contributed by atoms with van der Waals surface area (Å²) in [5.41, 5.74) is 1.17. The lowest BCUT2D eigenvalue weighted by Gasteiger charge is -2.11. The van der Waals surface area contributed by atoms with Crippen molar-refractivity contribution in [1.29, 1.82) is 0 Å². The third kappa shape index (κ3) is 2.22. The summed E-state index contributed by atoms with van der Waals surface area (Å²) in [4.78, 5) is 11.7. The van der Waals surface area contributed by atoms with E-state index in [-0.39, 0.29) is 5.69 Å². The molecule has 1 aromatic heterocycles. The Balaban J connectivity index is 1.83. The van der Waals surface area contributed by atoms with Crippen LogP contribution in [0.2, 0.25) is 0 Å². The molecule has 1 aromatic carbocycles. The Morgan fingerprint density at radius 3 is 2.78 bits per heavy atom. The van der Waals surface area contributed by atoms with Crippen molar-refractivity contribution in [3.05, 3.63) is 46.4 Å². The molecule has 1 N–H and O–H groups in total. The molecule has 5 heteroatoms. The number of hydrogen-bond acceptors (Lipinski definition) is 3. The zero-order valence-electron chi connectivity index (χ0n) is 10.2. The number of rotatable bonds is 4. The fraction of sp³-hybridized carbons (Fsp3) is 0.385. The molecule has 1 heterocycles. The van der Waals surface area contributed by atoms with Crippen LogP contribution in [0.3, 0.4) is 0 Å². The first-order valence-electron chi connectivity index (χ1n) is 6.14. The van der Waals surface area contributed by atoms with Crippen molar-refractivity contribution in [3.63, 3.8) is 0 Å². The first kappa shape index (κ1) is 11.6. The van der Waals surface area contributed by atoms with Gasteiger partial charge in [0, 0.05) is 11.3 Å². The van der Waals surface area contributed by atoms with Crippen molar-refractivity contribution in [1.82, 2.24) is 14.8 Å². The van der Waals surface area contributed by atoms with Crippen molar-refractivity contribution < 1.29 is 0 Å². The van der Waals surface area contributed by atoms with Crippen LogP contribution in [0.5, 0.6) is 0 Å². The summed E-state index contributed by atoms with van der Waals surface area (Å²) in [5.74, 6) is 0. The van der Waals surface area contributed by atoms with Gasteiger partial charge in [-0.1, -0.05) is 42.1 Å². The fourth-order valence-corrected chi connectivity index (χ4v) is 3.03. The fourth-order valence-electron chi connectivity index (χ4n) is 1.98. The lowest BCUT2D eigenvalue weighted by atomic mass is 10.2. The third-order valence-electron chi connectivity index (χ3n) is 3.14. The molecule has 18 heavy (non-hydrogen) atoms. The third-order valence-corrected chi connectivity index (χ3v) is 4.26. The Labute approximate surface area is 109 Å². The van der Waals surface area contributed by atoms with Crippen molar-refractivity contribution in [3.8, 4) is 0 Å². The van der Waals surface area contributed by atoms with E-state index in [1.807, 2.05) is 18.2 Å². The van der Waals surface area contributed by atoms with Crippen LogP contribution in [-0.2, 0) is 0 Å². The molecule has 0 radical (unpaired) electrons. The van der Waals surface area contributed by atoms with Crippen LogP contribution in [0.15, 0.2) is 40.3 Å². The van der Waals surface area contributed by atoms with Crippen LogP contribution >= 0.6 is 11.8 Å². The molecule has 4 nitrogen and oxygen atoms in total. The summed E-state index contributed by atoms with van der Waals surface area (Å²) >= 11 is 1.63. The van der Waals surface area contributed by atoms with Gasteiger partial charge in [-0.05, 0) is 25.3 Å². The maximum Gasteiger partial charge on any atom is 0.344 e. The highest BCUT2D eigenvalue weighted by Gasteiger charge is 2.29. The number of nitrogens with zero attached hydrogens (tertiary/aromatic N) is 2. The molecule has 0 aliphatic heterocycles. The zero-order chi connectivity index (χ0) is 12.5. The van der Waals surface area contributed by atoms with Gasteiger partial charge in [-0.15, -0.1) is 5.10 Å². The van der Waals surface area contributed by atoms with Gasteiger partial charge in [0.25, 0.3) is 0 Å². The molecule has 0 spiro atoms. The van der Waals surface area contributed by atoms with E-state index in [2.05, 4.69) is 29.3 Å². The predicted molar refractivity (Wildman–Crippen MR) is 71.8 cm³/mol. The van der Waals surface area contributed by atoms with Gasteiger partial charge in [0.15, 0.2) is 5.16 Å². The maximum absolute atomic E-state index is 11.7. The average Bonchev–Trinajstić information content (AvgIpc) is 3.16. The lowest BCUT2D eigenvalue weighted by molar-refractivity contribution is 0.641. The van der Waals surface area contributed by atoms with Crippen molar-refractivity contribution in [2.45, 2.75) is 36.2 Å². The second-order valence-corrected chi connectivity index (χ2v) is 5.89. The van der Waals surface area contributed by atoms with Crippen LogP contribution in [0.4, 0.5) is 0 Å². The van der Waals surface area contributed by atoms with E-state index in [4.69, 9.17) is 0 Å². The summed E-state index contributed by atoms with van der Waals surface area (Å²) in [7, 11) is 0. The van der Waals surface area contributed by atoms with Gasteiger partial charge in [0.2, 0.25) is 0 Å². The molecule has 0 saturated heterocycles. The number of benzene rings is 1. The van der Waals surface area contributed by atoms with Gasteiger partial charge in [-0.2, -0.15) is 0 Å². The van der Waals surface area contributed by atoms with E-state index in [1.165, 1.54) is 5.56 Å². The highest BCUT2D eigenvalue weighted by molar-refractivity contribution is 7.99. The minimum absolute atomic E-state index is 0.0831. The van der Waals surface area contributed by atoms with Gasteiger partial charge in [-0.25, -0.2) is 9.89 Å². The van der Waals surface area contributed by atoms with Crippen molar-refractivity contribution in [2.24, 2.45) is 0 Å². The monoisotopic (exact) mass is 261 g/mol. The van der Waals surface area contributed by atoms with E-state index in [0.29, 0.717) is 11.3 Å². The predicted octanol–water partition coefficient (Wildman–Crippen LogP) is 2.76. The minimum atomic E-state index is -0.0831. The molecule has 1 saturated carbocycles. The molecule has 94 valence electrons. The number of thioether (sulfide) groups is 1. The number of H-pyrrole nitrogens is 1. The van der Waals surface area contributed by atoms with Crippen molar-refractivity contribution >= 4 is 11.8 Å². The number of hydrogen-bond donors (Lipinski definition) is 1. The van der Waals surface area contributed by atoms with Gasteiger partial charge in [-0.3, -0.25) is 4.57 Å². The largest absolute Gasteiger partial charge is 0.344 e. The molecular weight excluding hydrogens is 246 g/mol. The van der Waals surface area contributed by atoms with Gasteiger partial charge in [0.05, 0.1) is 0 Å². The molecular formula is C13H15N3OS. The summed E-state index contributed by atoms with van der Waals surface area (Å²) in [6, 6.07) is 10.6. The molecule has 1 aliphatic rings. The lowest BCUT2D eigenvalue weighted by Crippen LogP contribution is -2.16. The Kier molecular flexibility index (Phi) is 2.99. The first-order chi connectivity index (χ1) is 8.75. The SMILES string of the molecule is C[C@@H](Sc1n[nH]c(=O)n1C1CC1)c1ccccc1. The summed E-state index contributed by atoms with van der Waals surface area (Å²) in [5, 5.41) is 7.78. The Hall–Kier alpha value is -1.49. The molecule has 2 aromatic rings. The van der Waals surface area contributed by atoms with Crippen molar-refractivity contribution in [2.75, 3.05) is 0 Å². The van der Waals surface area contributed by atoms with Gasteiger partial charge >= 0.3 is 5.69 Å². The van der Waals surface area contributed by atoms with Gasteiger partial charge < -0.3 is 0 Å². The second-order valence-electron chi connectivity index (χ2n) is 4.58. The van der Waals surface area contributed by atoms with Crippen LogP contribution < -0.4 is 5.69 Å². The first-order valence-corrected chi connectivity index (χ1v) is 7.02. The second kappa shape index (κ2) is 4.65. The van der Waals surface area contributed by atoms with E-state index in [1.54, 1.807) is 16.3 Å². The van der Waals surface area contributed by atoms with Crippen LogP contribution in [0.25, 0.3) is 0 Å². The Morgan fingerprint density at radius 1 is 1.39 bits per heavy atom. The number of aromatic nitrogens is 3.